The molecule has 2 aliphatic carbocycles. The van der Waals surface area contributed by atoms with Crippen LogP contribution in [0.4, 0.5) is 14.0 Å². The Balaban J connectivity index is 1.33. The molecule has 16 heteroatoms. The van der Waals surface area contributed by atoms with E-state index in [-0.39, 0.29) is 32.4 Å². The number of carbonyl (C=O) groups is 5. The minimum absolute atomic E-state index is 0.00205. The highest BCUT2D eigenvalue weighted by Gasteiger charge is 2.62. The summed E-state index contributed by atoms with van der Waals surface area (Å²) in [5.74, 6) is -3.01. The van der Waals surface area contributed by atoms with Crippen LogP contribution in [0.15, 0.2) is 30.4 Å². The molecule has 0 aromatic heterocycles. The van der Waals surface area contributed by atoms with Crippen LogP contribution in [0.25, 0.3) is 0 Å². The lowest BCUT2D eigenvalue weighted by Gasteiger charge is -2.35. The van der Waals surface area contributed by atoms with Gasteiger partial charge in [0, 0.05) is 24.4 Å². The summed E-state index contributed by atoms with van der Waals surface area (Å²) < 4.78 is 54.2. The van der Waals surface area contributed by atoms with Crippen LogP contribution in [0, 0.1) is 11.7 Å². The van der Waals surface area contributed by atoms with Gasteiger partial charge in [0.1, 0.15) is 35.1 Å². The third kappa shape index (κ3) is 9.26. The maximum atomic E-state index is 14.8. The second-order valence-corrected chi connectivity index (χ2v) is 18.5. The summed E-state index contributed by atoms with van der Waals surface area (Å²) in [4.78, 5) is 72.8. The van der Waals surface area contributed by atoms with Crippen LogP contribution in [0.2, 0.25) is 0 Å². The molecule has 14 nitrogen and oxygen atoms in total. The first kappa shape index (κ1) is 40.5. The van der Waals surface area contributed by atoms with Gasteiger partial charge in [-0.2, -0.15) is 0 Å². The normalized spacial score (nSPS) is 29.1. The molecule has 0 radical (unpaired) electrons. The van der Waals surface area contributed by atoms with Gasteiger partial charge in [-0.05, 0) is 77.3 Å². The molecule has 1 aromatic carbocycles. The number of nitrogens with zero attached hydrogens (tertiary/aromatic N) is 2. The lowest BCUT2D eigenvalue weighted by molar-refractivity contribution is -0.143. The van der Waals surface area contributed by atoms with Crippen molar-refractivity contribution in [2.75, 3.05) is 0 Å². The van der Waals surface area contributed by atoms with Crippen LogP contribution in [0.5, 0.6) is 0 Å². The molecular weight excluding hydrogens is 734 g/mol. The van der Waals surface area contributed by atoms with E-state index in [1.54, 1.807) is 32.9 Å². The van der Waals surface area contributed by atoms with Crippen LogP contribution in [-0.2, 0) is 47.0 Å². The first-order valence-electron chi connectivity index (χ1n) is 19.6. The fraction of sp³-hybridized carbons (Fsp3) is 0.667. The third-order valence-corrected chi connectivity index (χ3v) is 12.9. The average molecular weight is 788 g/mol. The Morgan fingerprint density at radius 3 is 2.53 bits per heavy atom. The quantitative estimate of drug-likeness (QED) is 0.315. The second kappa shape index (κ2) is 16.1. The number of carbonyl (C=O) groups excluding carboxylic acids is 5. The Kier molecular flexibility index (Phi) is 11.8. The summed E-state index contributed by atoms with van der Waals surface area (Å²) in [6, 6.07) is 1.52. The molecule has 1 unspecified atom stereocenters. The number of halogens is 1. The van der Waals surface area contributed by atoms with E-state index in [9.17, 15) is 36.8 Å². The Bertz CT molecular complexity index is 1810. The number of nitrogens with one attached hydrogen (secondary N) is 3. The number of alkyl carbamates (subject to hydrolysis) is 1. The van der Waals surface area contributed by atoms with Crippen molar-refractivity contribution in [2.24, 2.45) is 5.92 Å². The number of rotatable bonds is 8. The van der Waals surface area contributed by atoms with E-state index in [1.807, 2.05) is 19.1 Å². The topological polar surface area (TPSA) is 181 Å². The monoisotopic (exact) mass is 787 g/mol. The van der Waals surface area contributed by atoms with Gasteiger partial charge in [-0.1, -0.05) is 56.9 Å². The van der Waals surface area contributed by atoms with Gasteiger partial charge in [0.2, 0.25) is 21.8 Å². The summed E-state index contributed by atoms with van der Waals surface area (Å²) in [6.07, 6.45) is 6.85. The van der Waals surface area contributed by atoms with Crippen LogP contribution >= 0.6 is 0 Å². The first-order valence-corrected chi connectivity index (χ1v) is 21.2. The predicted molar refractivity (Wildman–Crippen MR) is 199 cm³/mol. The molecule has 3 aliphatic heterocycles. The van der Waals surface area contributed by atoms with Crippen molar-refractivity contribution in [2.45, 2.75) is 158 Å². The van der Waals surface area contributed by atoms with Gasteiger partial charge in [0.25, 0.3) is 5.91 Å². The van der Waals surface area contributed by atoms with Gasteiger partial charge in [-0.15, -0.1) is 0 Å². The number of hydrogen-bond donors (Lipinski definition) is 3. The van der Waals surface area contributed by atoms with Gasteiger partial charge < -0.3 is 25.0 Å². The molecule has 1 saturated heterocycles. The number of unbranched alkanes of at least 4 members (excludes halogenated alkanes) is 1. The Hall–Kier alpha value is -4.21. The fourth-order valence-electron chi connectivity index (χ4n) is 7.93. The van der Waals surface area contributed by atoms with Crippen molar-refractivity contribution in [3.8, 4) is 0 Å². The summed E-state index contributed by atoms with van der Waals surface area (Å²) >= 11 is 0. The van der Waals surface area contributed by atoms with Crippen molar-refractivity contribution in [1.29, 1.82) is 0 Å². The molecular formula is C39H54FN5O9S. The number of benzene rings is 1. The number of allylic oxidation sites excluding steroid dienone is 1. The summed E-state index contributed by atoms with van der Waals surface area (Å²) in [7, 11) is -3.94. The molecule has 5 amide bonds. The zero-order chi connectivity index (χ0) is 39.7. The molecule has 6 atom stereocenters. The maximum Gasteiger partial charge on any atom is 0.410 e. The third-order valence-electron chi connectivity index (χ3n) is 11.1. The van der Waals surface area contributed by atoms with E-state index >= 15 is 0 Å². The highest BCUT2D eigenvalue weighted by Crippen LogP contribution is 2.46. The SMILES string of the molecule is CCCC[C@H]1[C@H](OC(=O)N2Cc3cccc(F)c3C2)C[C@H]2C(=O)N[C@]3(C(=O)NS(=O)(=O)C4CC4)CC3/C=C\CCCCC[C@H](NC(=O)OC(C)(C)C)C(=O)N21. The lowest BCUT2D eigenvalue weighted by Crippen LogP contribution is -2.59. The molecule has 3 fully saturated rings. The smallest absolute Gasteiger partial charge is 0.410 e. The van der Waals surface area contributed by atoms with Gasteiger partial charge in [-0.25, -0.2) is 22.4 Å². The van der Waals surface area contributed by atoms with Crippen molar-refractivity contribution in [3.63, 3.8) is 0 Å². The molecule has 6 rings (SSSR count). The average Bonchev–Trinajstić information content (AvgIpc) is 4.00. The molecule has 1 aromatic rings. The Morgan fingerprint density at radius 1 is 1.07 bits per heavy atom. The van der Waals surface area contributed by atoms with Crippen LogP contribution in [0.1, 0.15) is 116 Å². The number of sulfonamides is 1. The highest BCUT2D eigenvalue weighted by atomic mass is 32.2. The van der Waals surface area contributed by atoms with E-state index < -0.39 is 92.3 Å². The van der Waals surface area contributed by atoms with Gasteiger partial charge in [0.15, 0.2) is 0 Å². The Labute approximate surface area is 322 Å². The minimum atomic E-state index is -3.94. The molecule has 3 heterocycles. The van der Waals surface area contributed by atoms with Crippen LogP contribution in [-0.4, -0.2) is 88.7 Å². The van der Waals surface area contributed by atoms with E-state index in [1.165, 1.54) is 15.9 Å². The minimum Gasteiger partial charge on any atom is -0.444 e. The lowest BCUT2D eigenvalue weighted by atomic mass is 10.0. The fourth-order valence-corrected chi connectivity index (χ4v) is 9.30. The predicted octanol–water partition coefficient (Wildman–Crippen LogP) is 4.70. The van der Waals surface area contributed by atoms with Crippen molar-refractivity contribution in [3.05, 3.63) is 47.3 Å². The summed E-state index contributed by atoms with van der Waals surface area (Å²) in [5.41, 5.74) is -1.37. The largest absolute Gasteiger partial charge is 0.444 e. The van der Waals surface area contributed by atoms with Crippen LogP contribution in [0.3, 0.4) is 0 Å². The van der Waals surface area contributed by atoms with E-state index in [0.29, 0.717) is 49.7 Å². The van der Waals surface area contributed by atoms with Gasteiger partial charge >= 0.3 is 12.2 Å². The molecule has 302 valence electrons. The standard InChI is InChI=1S/C39H54FN5O9S/c1-5-6-17-30-32(53-37(50)44-22-24-13-12-15-28(40)27(24)23-44)20-31-33(46)42-39(35(48)43-55(51,52)26-18-19-26)21-25(39)14-10-8-7-9-11-16-29(34(47)45(30)31)41-36(49)54-38(2,3)4/h10,12-15,25-26,29-32H,5-9,11,16-23H2,1-4H3,(H,41,49)(H,42,46)(H,43,48)/b14-10-/t25?,29-,30-,31-,32+,39+/m0/s1. The molecule has 5 aliphatic rings. The van der Waals surface area contributed by atoms with Crippen LogP contribution < -0.4 is 15.4 Å². The van der Waals surface area contributed by atoms with Crippen molar-refractivity contribution in [1.82, 2.24) is 25.2 Å². The summed E-state index contributed by atoms with van der Waals surface area (Å²) in [6.45, 7) is 7.22. The van der Waals surface area contributed by atoms with E-state index in [0.717, 1.165) is 19.3 Å². The van der Waals surface area contributed by atoms with E-state index in [4.69, 9.17) is 9.47 Å². The van der Waals surface area contributed by atoms with E-state index in [2.05, 4.69) is 15.4 Å². The van der Waals surface area contributed by atoms with Gasteiger partial charge in [-0.3, -0.25) is 24.0 Å². The zero-order valence-corrected chi connectivity index (χ0v) is 32.9. The maximum absolute atomic E-state index is 14.8. The number of fused-ring (bicyclic) bond motifs is 3. The number of hydrogen-bond acceptors (Lipinski definition) is 9. The van der Waals surface area contributed by atoms with Gasteiger partial charge in [0.05, 0.1) is 17.8 Å². The number of ether oxygens (including phenoxy) is 2. The summed E-state index contributed by atoms with van der Waals surface area (Å²) in [5, 5.41) is 4.94. The Morgan fingerprint density at radius 2 is 1.84 bits per heavy atom. The molecule has 55 heavy (non-hydrogen) atoms. The zero-order valence-electron chi connectivity index (χ0n) is 32.1. The van der Waals surface area contributed by atoms with Crippen molar-refractivity contribution >= 4 is 39.9 Å². The molecule has 2 saturated carbocycles. The van der Waals surface area contributed by atoms with Crippen molar-refractivity contribution < 1.29 is 46.3 Å². The molecule has 0 bridgehead atoms. The number of amides is 5. The second-order valence-electron chi connectivity index (χ2n) is 16.6. The first-order chi connectivity index (χ1) is 26.0. The molecule has 3 N–H and O–H groups in total. The highest BCUT2D eigenvalue weighted by molar-refractivity contribution is 7.91. The molecule has 0 spiro atoms.